The van der Waals surface area contributed by atoms with Crippen LogP contribution in [0.25, 0.3) is 0 Å². The van der Waals surface area contributed by atoms with Gasteiger partial charge in [-0.2, -0.15) is 0 Å². The molecule has 25 heavy (non-hydrogen) atoms. The lowest BCUT2D eigenvalue weighted by Gasteiger charge is -2.39. The molecule has 1 aliphatic heterocycles. The maximum absolute atomic E-state index is 10.3. The van der Waals surface area contributed by atoms with Crippen molar-refractivity contribution in [3.63, 3.8) is 0 Å². The van der Waals surface area contributed by atoms with E-state index < -0.39 is 0 Å². The highest BCUT2D eigenvalue weighted by Gasteiger charge is 2.36. The third kappa shape index (κ3) is 3.27. The molecule has 1 unspecified atom stereocenters. The second-order valence-electron chi connectivity index (χ2n) is 9.05. The van der Waals surface area contributed by atoms with Crippen LogP contribution in [0.4, 0.5) is 0 Å². The molecular weight excluding hydrogens is 308 g/mol. The van der Waals surface area contributed by atoms with E-state index in [4.69, 9.17) is 4.74 Å². The highest BCUT2D eigenvalue weighted by Crippen LogP contribution is 2.48. The van der Waals surface area contributed by atoms with Crippen molar-refractivity contribution in [2.45, 2.75) is 71.8 Å². The minimum atomic E-state index is -0.228. The zero-order valence-electron chi connectivity index (χ0n) is 16.5. The summed E-state index contributed by atoms with van der Waals surface area (Å²) in [5.74, 6) is 1.53. The lowest BCUT2D eigenvalue weighted by Crippen LogP contribution is -2.35. The Morgan fingerprint density at radius 3 is 2.20 bits per heavy atom. The Labute approximate surface area is 151 Å². The summed E-state index contributed by atoms with van der Waals surface area (Å²) in [6.07, 6.45) is 0.900. The number of aromatic hydroxyl groups is 1. The molecule has 0 bridgehead atoms. The summed E-state index contributed by atoms with van der Waals surface area (Å²) in [6.45, 7) is 15.0. The number of hydrogen-bond acceptors (Lipinski definition) is 2. The molecule has 1 heterocycles. The van der Waals surface area contributed by atoms with E-state index in [1.807, 2.05) is 19.9 Å². The molecule has 0 amide bonds. The molecule has 0 saturated carbocycles. The summed E-state index contributed by atoms with van der Waals surface area (Å²) in [5.41, 5.74) is 5.59. The maximum Gasteiger partial charge on any atom is 0.127 e. The molecule has 0 aliphatic carbocycles. The van der Waals surface area contributed by atoms with E-state index in [-0.39, 0.29) is 16.9 Å². The molecule has 3 rings (SSSR count). The average Bonchev–Trinajstić information content (AvgIpc) is 2.52. The minimum Gasteiger partial charge on any atom is -0.508 e. The number of hydrogen-bond donors (Lipinski definition) is 1. The fraction of sp³-hybridized carbons (Fsp3) is 0.478. The predicted molar refractivity (Wildman–Crippen MR) is 104 cm³/mol. The minimum absolute atomic E-state index is 0.150. The van der Waals surface area contributed by atoms with Crippen molar-refractivity contribution in [3.05, 3.63) is 58.1 Å². The van der Waals surface area contributed by atoms with Crippen molar-refractivity contribution in [2.24, 2.45) is 0 Å². The summed E-state index contributed by atoms with van der Waals surface area (Å²) in [4.78, 5) is 0. The van der Waals surface area contributed by atoms with Gasteiger partial charge in [0.2, 0.25) is 0 Å². The molecular formula is C23H30O2. The van der Waals surface area contributed by atoms with E-state index in [2.05, 4.69) is 58.9 Å². The van der Waals surface area contributed by atoms with Crippen LogP contribution in [0.3, 0.4) is 0 Å². The van der Waals surface area contributed by atoms with Gasteiger partial charge in [0.15, 0.2) is 0 Å². The second kappa shape index (κ2) is 5.79. The number of phenolic OH excluding ortho intramolecular Hbond substituents is 1. The highest BCUT2D eigenvalue weighted by molar-refractivity contribution is 5.56. The average molecular weight is 338 g/mol. The molecule has 2 heteroatoms. The SMILES string of the molecule is Cc1c(O)cc2c(c1C)OC(C)(C)CC2c1ccc(C(C)(C)C)cc1. The molecule has 0 fully saturated rings. The van der Waals surface area contributed by atoms with Gasteiger partial charge >= 0.3 is 0 Å². The number of benzene rings is 2. The van der Waals surface area contributed by atoms with Crippen LogP contribution in [0.2, 0.25) is 0 Å². The second-order valence-corrected chi connectivity index (χ2v) is 9.05. The Morgan fingerprint density at radius 1 is 1.04 bits per heavy atom. The van der Waals surface area contributed by atoms with Gasteiger partial charge in [0, 0.05) is 11.5 Å². The summed E-state index contributed by atoms with van der Waals surface area (Å²) >= 11 is 0. The summed E-state index contributed by atoms with van der Waals surface area (Å²) in [6, 6.07) is 10.8. The van der Waals surface area contributed by atoms with Crippen LogP contribution in [0.1, 0.15) is 74.8 Å². The Balaban J connectivity index is 2.12. The molecule has 134 valence electrons. The summed E-state index contributed by atoms with van der Waals surface area (Å²) < 4.78 is 6.30. The number of phenols is 1. The molecule has 1 aliphatic rings. The first-order chi connectivity index (χ1) is 11.5. The first-order valence-corrected chi connectivity index (χ1v) is 9.12. The third-order valence-corrected chi connectivity index (χ3v) is 5.47. The zero-order valence-corrected chi connectivity index (χ0v) is 16.5. The van der Waals surface area contributed by atoms with Crippen LogP contribution in [0.5, 0.6) is 11.5 Å². The monoisotopic (exact) mass is 338 g/mol. The predicted octanol–water partition coefficient (Wildman–Crippen LogP) is 6.00. The van der Waals surface area contributed by atoms with E-state index >= 15 is 0 Å². The van der Waals surface area contributed by atoms with Crippen molar-refractivity contribution in [1.29, 1.82) is 0 Å². The smallest absolute Gasteiger partial charge is 0.127 e. The number of fused-ring (bicyclic) bond motifs is 1. The van der Waals surface area contributed by atoms with Crippen molar-refractivity contribution in [2.75, 3.05) is 0 Å². The first-order valence-electron chi connectivity index (χ1n) is 9.12. The van der Waals surface area contributed by atoms with Crippen LogP contribution < -0.4 is 4.74 Å². The van der Waals surface area contributed by atoms with Crippen LogP contribution >= 0.6 is 0 Å². The fourth-order valence-corrected chi connectivity index (χ4v) is 3.73. The first kappa shape index (κ1) is 17.8. The van der Waals surface area contributed by atoms with Crippen LogP contribution in [-0.4, -0.2) is 10.7 Å². The third-order valence-electron chi connectivity index (χ3n) is 5.47. The van der Waals surface area contributed by atoms with E-state index in [9.17, 15) is 5.11 Å². The van der Waals surface area contributed by atoms with Gasteiger partial charge in [0.25, 0.3) is 0 Å². The molecule has 2 aromatic carbocycles. The molecule has 2 aromatic rings. The Kier molecular flexibility index (Phi) is 4.14. The standard InChI is InChI=1S/C23H30O2/c1-14-15(2)21-18(12-20(14)24)19(13-23(6,7)25-21)16-8-10-17(11-9-16)22(3,4)5/h8-12,19,24H,13H2,1-7H3. The maximum atomic E-state index is 10.3. The molecule has 0 aromatic heterocycles. The van der Waals surface area contributed by atoms with Crippen molar-refractivity contribution >= 4 is 0 Å². The van der Waals surface area contributed by atoms with Crippen molar-refractivity contribution in [1.82, 2.24) is 0 Å². The van der Waals surface area contributed by atoms with Crippen LogP contribution in [-0.2, 0) is 5.41 Å². The van der Waals surface area contributed by atoms with Gasteiger partial charge in [0.1, 0.15) is 17.1 Å². The largest absolute Gasteiger partial charge is 0.508 e. The molecule has 0 radical (unpaired) electrons. The van der Waals surface area contributed by atoms with Crippen LogP contribution in [0.15, 0.2) is 30.3 Å². The quantitative estimate of drug-likeness (QED) is 0.691. The summed E-state index contributed by atoms with van der Waals surface area (Å²) in [5, 5.41) is 10.3. The normalized spacial score (nSPS) is 19.2. The Bertz CT molecular complexity index is 792. The molecule has 2 nitrogen and oxygen atoms in total. The van der Waals surface area contributed by atoms with Crippen molar-refractivity contribution in [3.8, 4) is 11.5 Å². The molecule has 0 saturated heterocycles. The van der Waals surface area contributed by atoms with Gasteiger partial charge in [-0.25, -0.2) is 0 Å². The lowest BCUT2D eigenvalue weighted by atomic mass is 9.77. The van der Waals surface area contributed by atoms with E-state index in [1.165, 1.54) is 11.1 Å². The Morgan fingerprint density at radius 2 is 1.64 bits per heavy atom. The van der Waals surface area contributed by atoms with Gasteiger partial charge < -0.3 is 9.84 Å². The highest BCUT2D eigenvalue weighted by atomic mass is 16.5. The lowest BCUT2D eigenvalue weighted by molar-refractivity contribution is 0.0762. The van der Waals surface area contributed by atoms with Crippen molar-refractivity contribution < 1.29 is 9.84 Å². The van der Waals surface area contributed by atoms with Crippen LogP contribution in [0, 0.1) is 13.8 Å². The topological polar surface area (TPSA) is 29.5 Å². The van der Waals surface area contributed by atoms with Gasteiger partial charge in [-0.05, 0) is 67.9 Å². The number of ether oxygens (including phenoxy) is 1. The molecule has 1 N–H and O–H groups in total. The Hall–Kier alpha value is -1.96. The zero-order chi connectivity index (χ0) is 18.6. The fourth-order valence-electron chi connectivity index (χ4n) is 3.73. The van der Waals surface area contributed by atoms with E-state index in [0.29, 0.717) is 5.75 Å². The van der Waals surface area contributed by atoms with E-state index in [0.717, 1.165) is 28.9 Å². The van der Waals surface area contributed by atoms with Gasteiger partial charge in [0.05, 0.1) is 0 Å². The number of rotatable bonds is 1. The van der Waals surface area contributed by atoms with E-state index in [1.54, 1.807) is 0 Å². The van der Waals surface area contributed by atoms with Gasteiger partial charge in [-0.1, -0.05) is 45.0 Å². The molecule has 1 atom stereocenters. The summed E-state index contributed by atoms with van der Waals surface area (Å²) in [7, 11) is 0. The van der Waals surface area contributed by atoms with Gasteiger partial charge in [-0.15, -0.1) is 0 Å². The molecule has 0 spiro atoms. The van der Waals surface area contributed by atoms with Gasteiger partial charge in [-0.3, -0.25) is 0 Å².